The molecule has 1 aromatic rings. The van der Waals surface area contributed by atoms with Gasteiger partial charge in [-0.05, 0) is 12.1 Å². The second-order valence-corrected chi connectivity index (χ2v) is 3.64. The van der Waals surface area contributed by atoms with Gasteiger partial charge in [-0.15, -0.1) is 0 Å². The minimum atomic E-state index is -1.82. The van der Waals surface area contributed by atoms with Gasteiger partial charge in [0, 0.05) is 0 Å². The van der Waals surface area contributed by atoms with E-state index in [1.807, 2.05) is 0 Å². The third kappa shape index (κ3) is 5.10. The van der Waals surface area contributed by atoms with Crippen LogP contribution < -0.4 is 11.3 Å². The molecular formula is C8H7Cl3N2O4. The van der Waals surface area contributed by atoms with Crippen molar-refractivity contribution in [3.05, 3.63) is 27.2 Å². The second-order valence-electron chi connectivity index (χ2n) is 2.48. The first-order valence-electron chi connectivity index (χ1n) is 3.87. The molecule has 0 heterocycles. The maximum atomic E-state index is 9.10. The predicted molar refractivity (Wildman–Crippen MR) is 64.6 cm³/mol. The third-order valence-corrected chi connectivity index (χ3v) is 2.67. The Balaban J connectivity index is 0.000000366. The van der Waals surface area contributed by atoms with Crippen LogP contribution >= 0.6 is 34.8 Å². The highest BCUT2D eigenvalue weighted by molar-refractivity contribution is 6.49. The minimum Gasteiger partial charge on any atom is -0.473 e. The van der Waals surface area contributed by atoms with Crippen LogP contribution in [0, 0.1) is 0 Å². The van der Waals surface area contributed by atoms with Crippen LogP contribution in [-0.2, 0) is 9.59 Å². The molecule has 17 heavy (non-hydrogen) atoms. The number of carboxylic acid groups (broad SMARTS) is 2. The van der Waals surface area contributed by atoms with E-state index in [2.05, 4.69) is 5.43 Å². The van der Waals surface area contributed by atoms with Gasteiger partial charge in [-0.3, -0.25) is 5.84 Å². The van der Waals surface area contributed by atoms with Crippen LogP contribution in [0.4, 0.5) is 5.69 Å². The molecule has 0 aliphatic heterocycles. The number of hydrogen-bond donors (Lipinski definition) is 4. The summed E-state index contributed by atoms with van der Waals surface area (Å²) in [5.41, 5.74) is 2.94. The average molecular weight is 302 g/mol. The van der Waals surface area contributed by atoms with Gasteiger partial charge in [-0.2, -0.15) is 0 Å². The number of carboxylic acids is 2. The van der Waals surface area contributed by atoms with Crippen molar-refractivity contribution in [1.29, 1.82) is 0 Å². The quantitative estimate of drug-likeness (QED) is 0.273. The molecule has 0 saturated heterocycles. The molecule has 0 radical (unpaired) electrons. The lowest BCUT2D eigenvalue weighted by Crippen LogP contribution is -2.09. The van der Waals surface area contributed by atoms with Crippen molar-refractivity contribution in [3.63, 3.8) is 0 Å². The number of anilines is 1. The number of hydrogen-bond acceptors (Lipinski definition) is 4. The average Bonchev–Trinajstić information content (AvgIpc) is 2.27. The minimum absolute atomic E-state index is 0.309. The van der Waals surface area contributed by atoms with E-state index >= 15 is 0 Å². The van der Waals surface area contributed by atoms with Crippen molar-refractivity contribution in [3.8, 4) is 0 Å². The fourth-order valence-electron chi connectivity index (χ4n) is 0.637. The van der Waals surface area contributed by atoms with Gasteiger partial charge < -0.3 is 15.6 Å². The van der Waals surface area contributed by atoms with E-state index in [4.69, 9.17) is 60.4 Å². The molecule has 0 aromatic heterocycles. The Bertz CT molecular complexity index is 427. The molecule has 0 aliphatic rings. The molecule has 0 saturated carbocycles. The molecule has 0 amide bonds. The van der Waals surface area contributed by atoms with Crippen LogP contribution in [0.15, 0.2) is 12.1 Å². The SMILES string of the molecule is NNc1ccc(Cl)c(Cl)c1Cl.O=C(O)C(=O)O. The number of benzene rings is 1. The molecule has 1 rings (SSSR count). The molecule has 0 aliphatic carbocycles. The number of carbonyl (C=O) groups is 2. The van der Waals surface area contributed by atoms with E-state index in [9.17, 15) is 0 Å². The Kier molecular flexibility index (Phi) is 6.67. The van der Waals surface area contributed by atoms with Gasteiger partial charge in [0.15, 0.2) is 0 Å². The Labute approximate surface area is 111 Å². The maximum Gasteiger partial charge on any atom is 0.414 e. The van der Waals surface area contributed by atoms with E-state index in [0.717, 1.165) is 0 Å². The lowest BCUT2D eigenvalue weighted by Gasteiger charge is -2.04. The smallest absolute Gasteiger partial charge is 0.414 e. The molecule has 0 bridgehead atoms. The number of halogens is 3. The fraction of sp³-hybridized carbons (Fsp3) is 0. The molecule has 0 fully saturated rings. The summed E-state index contributed by atoms with van der Waals surface area (Å²) < 4.78 is 0. The van der Waals surface area contributed by atoms with E-state index < -0.39 is 11.9 Å². The zero-order valence-electron chi connectivity index (χ0n) is 8.08. The number of hydrazine groups is 1. The molecule has 6 nitrogen and oxygen atoms in total. The highest BCUT2D eigenvalue weighted by Gasteiger charge is 2.06. The van der Waals surface area contributed by atoms with E-state index in [1.165, 1.54) is 0 Å². The first kappa shape index (κ1) is 15.8. The highest BCUT2D eigenvalue weighted by atomic mass is 35.5. The zero-order valence-corrected chi connectivity index (χ0v) is 10.3. The van der Waals surface area contributed by atoms with Crippen molar-refractivity contribution >= 4 is 52.4 Å². The van der Waals surface area contributed by atoms with Gasteiger partial charge in [0.1, 0.15) is 0 Å². The van der Waals surface area contributed by atoms with E-state index in [0.29, 0.717) is 20.8 Å². The van der Waals surface area contributed by atoms with Crippen LogP contribution in [0.25, 0.3) is 0 Å². The van der Waals surface area contributed by atoms with Crippen LogP contribution in [0.1, 0.15) is 0 Å². The molecule has 0 unspecified atom stereocenters. The topological polar surface area (TPSA) is 113 Å². The summed E-state index contributed by atoms with van der Waals surface area (Å²) in [5.74, 6) is 1.49. The van der Waals surface area contributed by atoms with Gasteiger partial charge in [0.25, 0.3) is 0 Å². The first-order valence-corrected chi connectivity index (χ1v) is 5.01. The largest absolute Gasteiger partial charge is 0.473 e. The lowest BCUT2D eigenvalue weighted by atomic mass is 10.3. The van der Waals surface area contributed by atoms with Crippen LogP contribution in [-0.4, -0.2) is 22.2 Å². The Morgan fingerprint density at radius 1 is 1.06 bits per heavy atom. The van der Waals surface area contributed by atoms with Gasteiger partial charge >= 0.3 is 11.9 Å². The summed E-state index contributed by atoms with van der Waals surface area (Å²) >= 11 is 17.1. The Morgan fingerprint density at radius 2 is 1.53 bits per heavy atom. The summed E-state index contributed by atoms with van der Waals surface area (Å²) in [6.45, 7) is 0. The molecule has 94 valence electrons. The normalized spacial score (nSPS) is 8.94. The number of nitrogens with two attached hydrogens (primary N) is 1. The molecule has 9 heteroatoms. The van der Waals surface area contributed by atoms with Gasteiger partial charge in [0.2, 0.25) is 0 Å². The van der Waals surface area contributed by atoms with Crippen LogP contribution in [0.5, 0.6) is 0 Å². The summed E-state index contributed by atoms with van der Waals surface area (Å²) in [6.07, 6.45) is 0. The number of nitrogens with one attached hydrogen (secondary N) is 1. The van der Waals surface area contributed by atoms with Crippen molar-refractivity contribution in [2.24, 2.45) is 5.84 Å². The van der Waals surface area contributed by atoms with E-state index in [1.54, 1.807) is 12.1 Å². The predicted octanol–water partition coefficient (Wildman–Crippen LogP) is 2.09. The van der Waals surface area contributed by atoms with Crippen LogP contribution in [0.3, 0.4) is 0 Å². The fourth-order valence-corrected chi connectivity index (χ4v) is 1.23. The molecule has 0 spiro atoms. The lowest BCUT2D eigenvalue weighted by molar-refractivity contribution is -0.159. The highest BCUT2D eigenvalue weighted by Crippen LogP contribution is 2.34. The number of rotatable bonds is 1. The van der Waals surface area contributed by atoms with Crippen molar-refractivity contribution in [2.75, 3.05) is 5.43 Å². The summed E-state index contributed by atoms with van der Waals surface area (Å²) in [6, 6.07) is 3.27. The van der Waals surface area contributed by atoms with Gasteiger partial charge in [-0.1, -0.05) is 34.8 Å². The van der Waals surface area contributed by atoms with Crippen molar-refractivity contribution < 1.29 is 19.8 Å². The maximum absolute atomic E-state index is 9.10. The van der Waals surface area contributed by atoms with Crippen molar-refractivity contribution in [1.82, 2.24) is 0 Å². The van der Waals surface area contributed by atoms with Gasteiger partial charge in [-0.25, -0.2) is 9.59 Å². The molecule has 5 N–H and O–H groups in total. The first-order chi connectivity index (χ1) is 7.81. The number of aliphatic carboxylic acids is 2. The van der Waals surface area contributed by atoms with E-state index in [-0.39, 0.29) is 0 Å². The van der Waals surface area contributed by atoms with Crippen molar-refractivity contribution in [2.45, 2.75) is 0 Å². The van der Waals surface area contributed by atoms with Gasteiger partial charge in [0.05, 0.1) is 20.8 Å². The zero-order chi connectivity index (χ0) is 13.6. The molecule has 1 aromatic carbocycles. The summed E-state index contributed by atoms with van der Waals surface area (Å²) in [5, 5.41) is 15.8. The Hall–Kier alpha value is -1.21. The molecule has 0 atom stereocenters. The second kappa shape index (κ2) is 7.18. The molecular weight excluding hydrogens is 294 g/mol. The third-order valence-electron chi connectivity index (χ3n) is 1.37. The summed E-state index contributed by atoms with van der Waals surface area (Å²) in [4.78, 5) is 18.2. The standard InChI is InChI=1S/C6H5Cl3N2.C2H2O4/c7-3-1-2-4(11-10)6(9)5(3)8;3-1(4)2(5)6/h1-2,11H,10H2;(H,3,4)(H,5,6). The number of nitrogen functional groups attached to an aromatic ring is 1. The van der Waals surface area contributed by atoms with Crippen LogP contribution in [0.2, 0.25) is 15.1 Å². The Morgan fingerprint density at radius 3 is 1.88 bits per heavy atom. The monoisotopic (exact) mass is 300 g/mol. The summed E-state index contributed by atoms with van der Waals surface area (Å²) in [7, 11) is 0.